The van der Waals surface area contributed by atoms with Crippen LogP contribution in [0.25, 0.3) is 0 Å². The van der Waals surface area contributed by atoms with Crippen molar-refractivity contribution in [2.45, 2.75) is 11.8 Å². The second-order valence-electron chi connectivity index (χ2n) is 2.04. The molecule has 11 heavy (non-hydrogen) atoms. The quantitative estimate of drug-likeness (QED) is 0.640. The van der Waals surface area contributed by atoms with Gasteiger partial charge in [-0.25, -0.2) is 0 Å². The molecular weight excluding hydrogens is 156 g/mol. The summed E-state index contributed by atoms with van der Waals surface area (Å²) in [5.74, 6) is 0.902. The minimum atomic E-state index is 0.714. The van der Waals surface area contributed by atoms with Gasteiger partial charge in [-0.1, -0.05) is 0 Å². The number of ether oxygens (including phenoxy) is 1. The molecule has 0 fully saturated rings. The predicted molar refractivity (Wildman–Crippen MR) is 48.2 cm³/mol. The Labute approximate surface area is 71.8 Å². The summed E-state index contributed by atoms with van der Waals surface area (Å²) in [7, 11) is 0. The van der Waals surface area contributed by atoms with Crippen molar-refractivity contribution in [3.05, 3.63) is 24.3 Å². The molecule has 2 heteroatoms. The summed E-state index contributed by atoms with van der Waals surface area (Å²) in [6.07, 6.45) is 2.04. The predicted octanol–water partition coefficient (Wildman–Crippen LogP) is 2.61. The van der Waals surface area contributed by atoms with E-state index in [4.69, 9.17) is 4.74 Å². The van der Waals surface area contributed by atoms with Gasteiger partial charge in [-0.15, -0.1) is 11.8 Å². The standard InChI is InChI=1S/C9H11OS/c1-3-10-8-5-4-6-9(7-8)11-2/h5-7H,3H2,1-2H3. The molecule has 0 saturated heterocycles. The third kappa shape index (κ3) is 2.46. The van der Waals surface area contributed by atoms with Crippen molar-refractivity contribution in [1.29, 1.82) is 0 Å². The maximum absolute atomic E-state index is 5.30. The van der Waals surface area contributed by atoms with Crippen LogP contribution in [0.2, 0.25) is 0 Å². The lowest BCUT2D eigenvalue weighted by molar-refractivity contribution is 0.339. The number of thioether (sulfide) groups is 1. The van der Waals surface area contributed by atoms with E-state index in [1.165, 1.54) is 4.90 Å². The van der Waals surface area contributed by atoms with E-state index in [1.54, 1.807) is 11.8 Å². The van der Waals surface area contributed by atoms with Crippen molar-refractivity contribution in [3.8, 4) is 5.75 Å². The first kappa shape index (κ1) is 8.47. The van der Waals surface area contributed by atoms with Crippen LogP contribution in [0, 0.1) is 6.07 Å². The van der Waals surface area contributed by atoms with Gasteiger partial charge in [-0.2, -0.15) is 0 Å². The molecule has 0 aliphatic rings. The zero-order valence-electron chi connectivity index (χ0n) is 6.76. The van der Waals surface area contributed by atoms with Crippen molar-refractivity contribution in [3.63, 3.8) is 0 Å². The van der Waals surface area contributed by atoms with Gasteiger partial charge in [0.2, 0.25) is 0 Å². The molecule has 0 aliphatic carbocycles. The van der Waals surface area contributed by atoms with Crippen molar-refractivity contribution in [2.24, 2.45) is 0 Å². The summed E-state index contributed by atoms with van der Waals surface area (Å²) in [5.41, 5.74) is 0. The molecule has 0 bridgehead atoms. The largest absolute Gasteiger partial charge is 0.494 e. The van der Waals surface area contributed by atoms with E-state index in [-0.39, 0.29) is 0 Å². The Morgan fingerprint density at radius 3 is 3.00 bits per heavy atom. The molecule has 0 unspecified atom stereocenters. The van der Waals surface area contributed by atoms with Crippen LogP contribution in [0.1, 0.15) is 6.92 Å². The Morgan fingerprint density at radius 2 is 2.36 bits per heavy atom. The highest BCUT2D eigenvalue weighted by Crippen LogP contribution is 2.19. The van der Waals surface area contributed by atoms with Gasteiger partial charge in [0.1, 0.15) is 5.75 Å². The fraction of sp³-hybridized carbons (Fsp3) is 0.333. The average Bonchev–Trinajstić information content (AvgIpc) is 2.06. The third-order valence-electron chi connectivity index (χ3n) is 1.28. The minimum Gasteiger partial charge on any atom is -0.494 e. The van der Waals surface area contributed by atoms with E-state index >= 15 is 0 Å². The molecular formula is C9H11OS. The molecule has 0 spiro atoms. The smallest absolute Gasteiger partial charge is 0.121 e. The first-order valence-corrected chi connectivity index (χ1v) is 4.77. The zero-order valence-corrected chi connectivity index (χ0v) is 7.57. The molecule has 1 aromatic rings. The first-order valence-electron chi connectivity index (χ1n) is 3.54. The van der Waals surface area contributed by atoms with Crippen molar-refractivity contribution in [2.75, 3.05) is 12.9 Å². The third-order valence-corrected chi connectivity index (χ3v) is 1.99. The van der Waals surface area contributed by atoms with Gasteiger partial charge >= 0.3 is 0 Å². The minimum absolute atomic E-state index is 0.714. The van der Waals surface area contributed by atoms with E-state index in [1.807, 2.05) is 31.4 Å². The van der Waals surface area contributed by atoms with E-state index in [0.717, 1.165) is 5.75 Å². The highest BCUT2D eigenvalue weighted by Gasteiger charge is 1.93. The lowest BCUT2D eigenvalue weighted by Crippen LogP contribution is -1.90. The summed E-state index contributed by atoms with van der Waals surface area (Å²) < 4.78 is 5.30. The Morgan fingerprint density at radius 1 is 1.55 bits per heavy atom. The topological polar surface area (TPSA) is 9.23 Å². The maximum atomic E-state index is 5.30. The van der Waals surface area contributed by atoms with Gasteiger partial charge in [0.05, 0.1) is 6.61 Å². The van der Waals surface area contributed by atoms with Gasteiger partial charge in [-0.05, 0) is 37.4 Å². The SMILES string of the molecule is CCOc1c[c]cc(SC)c1. The summed E-state index contributed by atoms with van der Waals surface area (Å²) in [6, 6.07) is 8.84. The normalized spacial score (nSPS) is 9.64. The van der Waals surface area contributed by atoms with Crippen LogP contribution in [-0.4, -0.2) is 12.9 Å². The average molecular weight is 167 g/mol. The monoisotopic (exact) mass is 167 g/mol. The summed E-state index contributed by atoms with van der Waals surface area (Å²) >= 11 is 1.70. The number of rotatable bonds is 3. The number of benzene rings is 1. The number of hydrogen-bond acceptors (Lipinski definition) is 2. The molecule has 0 N–H and O–H groups in total. The Kier molecular flexibility index (Phi) is 3.30. The molecule has 0 heterocycles. The van der Waals surface area contributed by atoms with E-state index in [2.05, 4.69) is 6.07 Å². The van der Waals surface area contributed by atoms with E-state index in [0.29, 0.717) is 6.61 Å². The fourth-order valence-electron chi connectivity index (χ4n) is 0.797. The van der Waals surface area contributed by atoms with Gasteiger partial charge in [-0.3, -0.25) is 0 Å². The summed E-state index contributed by atoms with van der Waals surface area (Å²) in [5, 5.41) is 0. The fourth-order valence-corrected chi connectivity index (χ4v) is 1.22. The molecule has 1 radical (unpaired) electrons. The van der Waals surface area contributed by atoms with Crippen molar-refractivity contribution < 1.29 is 4.74 Å². The van der Waals surface area contributed by atoms with E-state index in [9.17, 15) is 0 Å². The molecule has 0 aromatic heterocycles. The molecule has 1 nitrogen and oxygen atoms in total. The highest BCUT2D eigenvalue weighted by atomic mass is 32.2. The van der Waals surface area contributed by atoms with E-state index < -0.39 is 0 Å². The zero-order chi connectivity index (χ0) is 8.10. The van der Waals surface area contributed by atoms with Crippen LogP contribution >= 0.6 is 11.8 Å². The van der Waals surface area contributed by atoms with Crippen LogP contribution in [0.5, 0.6) is 5.75 Å². The van der Waals surface area contributed by atoms with Crippen LogP contribution in [0.4, 0.5) is 0 Å². The van der Waals surface area contributed by atoms with Gasteiger partial charge < -0.3 is 4.74 Å². The van der Waals surface area contributed by atoms with Crippen LogP contribution in [0.15, 0.2) is 23.1 Å². The molecule has 59 valence electrons. The second-order valence-corrected chi connectivity index (χ2v) is 2.92. The second kappa shape index (κ2) is 4.29. The molecule has 0 saturated carbocycles. The lowest BCUT2D eigenvalue weighted by atomic mass is 10.3. The summed E-state index contributed by atoms with van der Waals surface area (Å²) in [6.45, 7) is 2.69. The maximum Gasteiger partial charge on any atom is 0.121 e. The first-order chi connectivity index (χ1) is 5.36. The molecule has 0 aliphatic heterocycles. The molecule has 1 aromatic carbocycles. The van der Waals surface area contributed by atoms with Gasteiger partial charge in [0.25, 0.3) is 0 Å². The van der Waals surface area contributed by atoms with Crippen molar-refractivity contribution >= 4 is 11.8 Å². The van der Waals surface area contributed by atoms with Crippen LogP contribution in [-0.2, 0) is 0 Å². The number of hydrogen-bond donors (Lipinski definition) is 0. The summed E-state index contributed by atoms with van der Waals surface area (Å²) in [4.78, 5) is 1.19. The van der Waals surface area contributed by atoms with Gasteiger partial charge in [0.15, 0.2) is 0 Å². The molecule has 0 amide bonds. The van der Waals surface area contributed by atoms with Gasteiger partial charge in [0, 0.05) is 4.90 Å². The van der Waals surface area contributed by atoms with Crippen LogP contribution in [0.3, 0.4) is 0 Å². The molecule has 0 atom stereocenters. The highest BCUT2D eigenvalue weighted by molar-refractivity contribution is 7.98. The Hall–Kier alpha value is -0.630. The molecule has 1 rings (SSSR count). The Balaban J connectivity index is 2.74. The van der Waals surface area contributed by atoms with Crippen LogP contribution < -0.4 is 4.74 Å². The Bertz CT molecular complexity index is 223. The van der Waals surface area contributed by atoms with Crippen molar-refractivity contribution in [1.82, 2.24) is 0 Å². The lowest BCUT2D eigenvalue weighted by Gasteiger charge is -2.02.